The number of nitrogens with zero attached hydrogens (tertiary/aromatic N) is 6. The van der Waals surface area contributed by atoms with Crippen LogP contribution in [0.3, 0.4) is 0 Å². The fraction of sp³-hybridized carbons (Fsp3) is 0.464. The van der Waals surface area contributed by atoms with Crippen molar-refractivity contribution in [2.75, 3.05) is 74.5 Å². The van der Waals surface area contributed by atoms with Crippen LogP contribution in [0.5, 0.6) is 0 Å². The van der Waals surface area contributed by atoms with Gasteiger partial charge in [0, 0.05) is 74.9 Å². The molecule has 5 heterocycles. The van der Waals surface area contributed by atoms with E-state index in [2.05, 4.69) is 38.8 Å². The molecule has 2 aromatic carbocycles. The number of morpholine rings is 1. The summed E-state index contributed by atoms with van der Waals surface area (Å²) in [5.74, 6) is 0.808. The van der Waals surface area contributed by atoms with Crippen molar-refractivity contribution in [3.8, 4) is 11.1 Å². The molecule has 0 unspecified atom stereocenters. The number of piperazine rings is 1. The van der Waals surface area contributed by atoms with E-state index in [-0.39, 0.29) is 16.7 Å². The third kappa shape index (κ3) is 4.53. The van der Waals surface area contributed by atoms with E-state index in [1.54, 1.807) is 6.07 Å². The van der Waals surface area contributed by atoms with Crippen molar-refractivity contribution in [1.29, 1.82) is 0 Å². The van der Waals surface area contributed by atoms with Crippen LogP contribution in [0.15, 0.2) is 24.3 Å². The standard InChI is InChI=1S/C28H32ClFN8OS/c1-28(2)15-37(10-11-39-28)16-13-38(14-16)27-34-24-18(25(35-27)36-8-6-32-7-9-36)12-19(29)21(22(24)30)17-4-3-5-20-23(17)33-26(31)40-20/h3-5,12,16,32H,6-11,13-15H2,1-2H3,(H2,31,33). The molecule has 3 fully saturated rings. The Morgan fingerprint density at radius 2 is 1.90 bits per heavy atom. The Balaban J connectivity index is 1.31. The summed E-state index contributed by atoms with van der Waals surface area (Å²) in [5, 5.41) is 4.74. The topological polar surface area (TPSA) is 95.7 Å². The molecule has 9 nitrogen and oxygen atoms in total. The Hall–Kier alpha value is -2.83. The first-order chi connectivity index (χ1) is 19.3. The highest BCUT2D eigenvalue weighted by atomic mass is 35.5. The zero-order chi connectivity index (χ0) is 27.6. The predicted molar refractivity (Wildman–Crippen MR) is 160 cm³/mol. The van der Waals surface area contributed by atoms with Gasteiger partial charge < -0.3 is 25.6 Å². The number of nitrogen functional groups attached to an aromatic ring is 1. The van der Waals surface area contributed by atoms with E-state index in [0.29, 0.717) is 38.6 Å². The molecule has 12 heteroatoms. The van der Waals surface area contributed by atoms with Crippen LogP contribution in [0.4, 0.5) is 21.3 Å². The first-order valence-corrected chi connectivity index (χ1v) is 14.9. The number of thiazole rings is 1. The summed E-state index contributed by atoms with van der Waals surface area (Å²) >= 11 is 8.19. The van der Waals surface area contributed by atoms with Crippen LogP contribution in [-0.4, -0.2) is 90.5 Å². The minimum Gasteiger partial charge on any atom is -0.375 e. The molecule has 210 valence electrons. The van der Waals surface area contributed by atoms with Crippen molar-refractivity contribution in [3.05, 3.63) is 35.1 Å². The van der Waals surface area contributed by atoms with E-state index in [4.69, 9.17) is 32.0 Å². The summed E-state index contributed by atoms with van der Waals surface area (Å²) in [6.45, 7) is 11.6. The van der Waals surface area contributed by atoms with Gasteiger partial charge >= 0.3 is 0 Å². The maximum Gasteiger partial charge on any atom is 0.228 e. The van der Waals surface area contributed by atoms with Gasteiger partial charge in [-0.3, -0.25) is 4.90 Å². The van der Waals surface area contributed by atoms with Gasteiger partial charge in [0.25, 0.3) is 0 Å². The second kappa shape index (κ2) is 9.92. The summed E-state index contributed by atoms with van der Waals surface area (Å²) in [5.41, 5.74) is 7.65. The van der Waals surface area contributed by atoms with E-state index in [1.165, 1.54) is 11.3 Å². The van der Waals surface area contributed by atoms with Gasteiger partial charge in [0.15, 0.2) is 10.9 Å². The zero-order valence-electron chi connectivity index (χ0n) is 22.6. The van der Waals surface area contributed by atoms with E-state index in [0.717, 1.165) is 69.5 Å². The number of halogens is 2. The number of para-hydroxylation sites is 1. The van der Waals surface area contributed by atoms with Gasteiger partial charge in [-0.1, -0.05) is 35.1 Å². The number of nitrogens with two attached hydrogens (primary N) is 1. The highest BCUT2D eigenvalue weighted by Gasteiger charge is 2.39. The van der Waals surface area contributed by atoms with Gasteiger partial charge in [0.1, 0.15) is 11.3 Å². The molecule has 0 spiro atoms. The second-order valence-corrected chi connectivity index (χ2v) is 12.8. The molecule has 4 aromatic rings. The molecule has 3 N–H and O–H groups in total. The highest BCUT2D eigenvalue weighted by Crippen LogP contribution is 2.42. The van der Waals surface area contributed by atoms with Crippen LogP contribution in [0.1, 0.15) is 13.8 Å². The summed E-state index contributed by atoms with van der Waals surface area (Å²) in [4.78, 5) is 21.1. The Labute approximate surface area is 241 Å². The van der Waals surface area contributed by atoms with Crippen molar-refractivity contribution >= 4 is 61.0 Å². The van der Waals surface area contributed by atoms with E-state index < -0.39 is 5.82 Å². The number of benzene rings is 2. The first kappa shape index (κ1) is 26.1. The summed E-state index contributed by atoms with van der Waals surface area (Å²) in [6.07, 6.45) is 0. The first-order valence-electron chi connectivity index (χ1n) is 13.7. The molecular weight excluding hydrogens is 551 g/mol. The third-order valence-electron chi connectivity index (χ3n) is 8.09. The van der Waals surface area contributed by atoms with Gasteiger partial charge in [0.2, 0.25) is 5.95 Å². The van der Waals surface area contributed by atoms with E-state index >= 15 is 4.39 Å². The van der Waals surface area contributed by atoms with Crippen molar-refractivity contribution in [2.24, 2.45) is 0 Å². The molecule has 0 aliphatic carbocycles. The van der Waals surface area contributed by atoms with Gasteiger partial charge in [-0.15, -0.1) is 0 Å². The number of ether oxygens (including phenoxy) is 1. The molecule has 0 radical (unpaired) electrons. The lowest BCUT2D eigenvalue weighted by atomic mass is 10.0. The lowest BCUT2D eigenvalue weighted by molar-refractivity contribution is -0.0995. The second-order valence-electron chi connectivity index (χ2n) is 11.4. The van der Waals surface area contributed by atoms with Gasteiger partial charge in [-0.05, 0) is 26.0 Å². The molecule has 3 aliphatic rings. The molecule has 0 saturated carbocycles. The number of nitrogens with one attached hydrogen (secondary N) is 1. The number of anilines is 3. The van der Waals surface area contributed by atoms with Crippen LogP contribution < -0.4 is 20.9 Å². The van der Waals surface area contributed by atoms with E-state index in [9.17, 15) is 0 Å². The fourth-order valence-corrected chi connectivity index (χ4v) is 7.11. The summed E-state index contributed by atoms with van der Waals surface area (Å²) < 4.78 is 23.4. The third-order valence-corrected chi connectivity index (χ3v) is 9.24. The van der Waals surface area contributed by atoms with Crippen molar-refractivity contribution in [2.45, 2.75) is 25.5 Å². The molecule has 0 atom stereocenters. The lowest BCUT2D eigenvalue weighted by Crippen LogP contribution is -2.64. The average Bonchev–Trinajstić information content (AvgIpc) is 3.29. The Bertz CT molecular complexity index is 1600. The quantitative estimate of drug-likeness (QED) is 0.370. The van der Waals surface area contributed by atoms with Crippen molar-refractivity contribution < 1.29 is 9.13 Å². The number of fused-ring (bicyclic) bond motifs is 2. The van der Waals surface area contributed by atoms with E-state index in [1.807, 2.05) is 18.2 Å². The molecule has 3 saturated heterocycles. The van der Waals surface area contributed by atoms with Crippen molar-refractivity contribution in [1.82, 2.24) is 25.2 Å². The van der Waals surface area contributed by atoms with Crippen LogP contribution >= 0.6 is 22.9 Å². The maximum absolute atomic E-state index is 16.6. The Morgan fingerprint density at radius 3 is 2.67 bits per heavy atom. The largest absolute Gasteiger partial charge is 0.375 e. The van der Waals surface area contributed by atoms with Gasteiger partial charge in [-0.2, -0.15) is 4.98 Å². The molecule has 0 amide bonds. The average molecular weight is 583 g/mol. The monoisotopic (exact) mass is 582 g/mol. The number of rotatable bonds is 4. The van der Waals surface area contributed by atoms with Crippen molar-refractivity contribution in [3.63, 3.8) is 0 Å². The minimum absolute atomic E-state index is 0.156. The van der Waals surface area contributed by atoms with Crippen LogP contribution in [-0.2, 0) is 4.74 Å². The highest BCUT2D eigenvalue weighted by molar-refractivity contribution is 7.22. The normalized spacial score (nSPS) is 20.4. The number of hydrogen-bond acceptors (Lipinski definition) is 10. The van der Waals surface area contributed by atoms with Gasteiger partial charge in [-0.25, -0.2) is 14.4 Å². The maximum atomic E-state index is 16.6. The molecule has 40 heavy (non-hydrogen) atoms. The van der Waals surface area contributed by atoms with Crippen LogP contribution in [0, 0.1) is 5.82 Å². The van der Waals surface area contributed by atoms with Gasteiger partial charge in [0.05, 0.1) is 27.4 Å². The molecule has 2 aromatic heterocycles. The minimum atomic E-state index is -0.464. The number of aromatic nitrogens is 3. The van der Waals surface area contributed by atoms with Crippen LogP contribution in [0.2, 0.25) is 5.02 Å². The summed E-state index contributed by atoms with van der Waals surface area (Å²) in [6, 6.07) is 7.84. The Kier molecular flexibility index (Phi) is 6.47. The zero-order valence-corrected chi connectivity index (χ0v) is 24.2. The molecule has 3 aliphatic heterocycles. The molecular formula is C28H32ClFN8OS. The summed E-state index contributed by atoms with van der Waals surface area (Å²) in [7, 11) is 0. The Morgan fingerprint density at radius 1 is 1.10 bits per heavy atom. The molecule has 7 rings (SSSR count). The lowest BCUT2D eigenvalue weighted by Gasteiger charge is -2.49. The fourth-order valence-electron chi connectivity index (χ4n) is 6.06. The molecule has 0 bridgehead atoms. The smallest absolute Gasteiger partial charge is 0.228 e. The predicted octanol–water partition coefficient (Wildman–Crippen LogP) is 3.99. The SMILES string of the molecule is CC1(C)CN(C2CN(c3nc(N4CCNCC4)c4cc(Cl)c(-c5cccc6sc(N)nc56)c(F)c4n3)C2)CCO1. The number of hydrogen-bond donors (Lipinski definition) is 2. The van der Waals surface area contributed by atoms with Crippen LogP contribution in [0.25, 0.3) is 32.2 Å².